The maximum Gasteiger partial charge on any atom is 0.257 e. The number of fused-ring (bicyclic) bond motifs is 1. The standard InChI is InChI=1S/C16H18FN5O/c17-12-3-4-15(18-10-12)20-6-8-21(9-7-20)16(23)13-11-19-22-5-1-2-14(13)22/h3-4,10-11H,1-2,5-9H2. The highest BCUT2D eigenvalue weighted by Crippen LogP contribution is 2.21. The average Bonchev–Trinajstić information content (AvgIpc) is 3.18. The van der Waals surface area contributed by atoms with Crippen molar-refractivity contribution in [2.45, 2.75) is 19.4 Å². The van der Waals surface area contributed by atoms with E-state index in [-0.39, 0.29) is 11.7 Å². The lowest BCUT2D eigenvalue weighted by molar-refractivity contribution is 0.0745. The van der Waals surface area contributed by atoms with Crippen LogP contribution in [0.25, 0.3) is 0 Å². The predicted molar refractivity (Wildman–Crippen MR) is 82.9 cm³/mol. The summed E-state index contributed by atoms with van der Waals surface area (Å²) in [7, 11) is 0. The van der Waals surface area contributed by atoms with Crippen LogP contribution in [0.4, 0.5) is 10.2 Å². The summed E-state index contributed by atoms with van der Waals surface area (Å²) < 4.78 is 14.9. The van der Waals surface area contributed by atoms with Crippen molar-refractivity contribution in [3.05, 3.63) is 41.6 Å². The summed E-state index contributed by atoms with van der Waals surface area (Å²) in [6.07, 6.45) is 4.92. The molecule has 0 spiro atoms. The second kappa shape index (κ2) is 5.64. The van der Waals surface area contributed by atoms with Gasteiger partial charge < -0.3 is 9.80 Å². The molecular formula is C16H18FN5O. The molecule has 4 rings (SSSR count). The van der Waals surface area contributed by atoms with Gasteiger partial charge in [-0.1, -0.05) is 0 Å². The SMILES string of the molecule is O=C(c1cnn2c1CCC2)N1CCN(c2ccc(F)cn2)CC1. The molecule has 2 aliphatic rings. The number of aryl methyl sites for hydroxylation is 1. The fraction of sp³-hybridized carbons (Fsp3) is 0.438. The van der Waals surface area contributed by atoms with Crippen LogP contribution in [0, 0.1) is 5.82 Å². The summed E-state index contributed by atoms with van der Waals surface area (Å²) in [5.41, 5.74) is 1.81. The Morgan fingerprint density at radius 2 is 1.91 bits per heavy atom. The Kier molecular flexibility index (Phi) is 3.48. The Morgan fingerprint density at radius 3 is 2.65 bits per heavy atom. The fourth-order valence-electron chi connectivity index (χ4n) is 3.31. The number of halogens is 1. The molecule has 0 aromatic carbocycles. The zero-order valence-electron chi connectivity index (χ0n) is 12.8. The molecule has 0 unspecified atom stereocenters. The Morgan fingerprint density at radius 1 is 1.09 bits per heavy atom. The molecule has 0 saturated carbocycles. The van der Waals surface area contributed by atoms with E-state index in [0.29, 0.717) is 26.2 Å². The first-order valence-corrected chi connectivity index (χ1v) is 7.93. The van der Waals surface area contributed by atoms with Gasteiger partial charge in [-0.2, -0.15) is 5.10 Å². The van der Waals surface area contributed by atoms with Crippen LogP contribution in [-0.4, -0.2) is 51.8 Å². The zero-order valence-corrected chi connectivity index (χ0v) is 12.8. The van der Waals surface area contributed by atoms with Crippen LogP contribution in [0.2, 0.25) is 0 Å². The topological polar surface area (TPSA) is 54.3 Å². The third-order valence-electron chi connectivity index (χ3n) is 4.57. The van der Waals surface area contributed by atoms with Gasteiger partial charge in [0, 0.05) is 32.7 Å². The van der Waals surface area contributed by atoms with Crippen LogP contribution >= 0.6 is 0 Å². The van der Waals surface area contributed by atoms with Gasteiger partial charge in [0.1, 0.15) is 11.6 Å². The first kappa shape index (κ1) is 14.2. The molecule has 2 aliphatic heterocycles. The van der Waals surface area contributed by atoms with Gasteiger partial charge in [0.15, 0.2) is 0 Å². The van der Waals surface area contributed by atoms with Crippen LogP contribution in [0.1, 0.15) is 22.5 Å². The van der Waals surface area contributed by atoms with Crippen molar-refractivity contribution in [3.8, 4) is 0 Å². The zero-order chi connectivity index (χ0) is 15.8. The van der Waals surface area contributed by atoms with E-state index in [0.717, 1.165) is 36.5 Å². The van der Waals surface area contributed by atoms with E-state index >= 15 is 0 Å². The monoisotopic (exact) mass is 315 g/mol. The van der Waals surface area contributed by atoms with Gasteiger partial charge >= 0.3 is 0 Å². The van der Waals surface area contributed by atoms with Gasteiger partial charge in [-0.3, -0.25) is 9.48 Å². The average molecular weight is 315 g/mol. The van der Waals surface area contributed by atoms with Crippen LogP contribution < -0.4 is 4.90 Å². The first-order valence-electron chi connectivity index (χ1n) is 7.93. The molecule has 1 saturated heterocycles. The van der Waals surface area contributed by atoms with Crippen LogP contribution in [0.5, 0.6) is 0 Å². The summed E-state index contributed by atoms with van der Waals surface area (Å²) in [6.45, 7) is 3.60. The van der Waals surface area contributed by atoms with Crippen LogP contribution in [0.15, 0.2) is 24.5 Å². The van der Waals surface area contributed by atoms with Gasteiger partial charge in [0.25, 0.3) is 5.91 Å². The number of aromatic nitrogens is 3. The number of nitrogens with zero attached hydrogens (tertiary/aromatic N) is 5. The van der Waals surface area contributed by atoms with Gasteiger partial charge in [0.2, 0.25) is 0 Å². The highest BCUT2D eigenvalue weighted by Gasteiger charge is 2.27. The molecule has 1 fully saturated rings. The van der Waals surface area contributed by atoms with Gasteiger partial charge in [-0.25, -0.2) is 9.37 Å². The summed E-state index contributed by atoms with van der Waals surface area (Å²) in [6, 6.07) is 3.09. The lowest BCUT2D eigenvalue weighted by atomic mass is 10.1. The van der Waals surface area contributed by atoms with E-state index in [1.807, 2.05) is 9.58 Å². The van der Waals surface area contributed by atoms with Crippen molar-refractivity contribution in [2.24, 2.45) is 0 Å². The number of amides is 1. The molecule has 4 heterocycles. The van der Waals surface area contributed by atoms with Crippen LogP contribution in [0.3, 0.4) is 0 Å². The number of hydrogen-bond donors (Lipinski definition) is 0. The largest absolute Gasteiger partial charge is 0.353 e. The molecule has 0 atom stereocenters. The van der Waals surface area contributed by atoms with E-state index in [4.69, 9.17) is 0 Å². The number of piperazine rings is 1. The summed E-state index contributed by atoms with van der Waals surface area (Å²) in [5, 5.41) is 4.30. The van der Waals surface area contributed by atoms with Crippen molar-refractivity contribution in [1.29, 1.82) is 0 Å². The van der Waals surface area contributed by atoms with Crippen molar-refractivity contribution < 1.29 is 9.18 Å². The third-order valence-corrected chi connectivity index (χ3v) is 4.57. The Bertz CT molecular complexity index is 719. The Labute approximate surface area is 133 Å². The summed E-state index contributed by atoms with van der Waals surface area (Å²) in [4.78, 5) is 20.7. The van der Waals surface area contributed by atoms with Gasteiger partial charge in [-0.15, -0.1) is 0 Å². The number of anilines is 1. The highest BCUT2D eigenvalue weighted by atomic mass is 19.1. The second-order valence-electron chi connectivity index (χ2n) is 5.95. The second-order valence-corrected chi connectivity index (χ2v) is 5.95. The van der Waals surface area contributed by atoms with Crippen molar-refractivity contribution in [3.63, 3.8) is 0 Å². The molecule has 7 heteroatoms. The van der Waals surface area contributed by atoms with Crippen LogP contribution in [-0.2, 0) is 13.0 Å². The number of carbonyl (C=O) groups is 1. The fourth-order valence-corrected chi connectivity index (χ4v) is 3.31. The van der Waals surface area contributed by atoms with E-state index in [2.05, 4.69) is 15.0 Å². The molecule has 0 bridgehead atoms. The smallest absolute Gasteiger partial charge is 0.257 e. The molecular weight excluding hydrogens is 297 g/mol. The number of rotatable bonds is 2. The minimum absolute atomic E-state index is 0.0693. The molecule has 120 valence electrons. The van der Waals surface area contributed by atoms with E-state index in [1.54, 1.807) is 12.3 Å². The third kappa shape index (κ3) is 2.56. The lowest BCUT2D eigenvalue weighted by Gasteiger charge is -2.35. The quantitative estimate of drug-likeness (QED) is 0.839. The summed E-state index contributed by atoms with van der Waals surface area (Å²) in [5.74, 6) is 0.488. The van der Waals surface area contributed by atoms with Gasteiger partial charge in [-0.05, 0) is 25.0 Å². The molecule has 2 aromatic rings. The lowest BCUT2D eigenvalue weighted by Crippen LogP contribution is -2.49. The molecule has 0 aliphatic carbocycles. The molecule has 6 nitrogen and oxygen atoms in total. The Hall–Kier alpha value is -2.44. The molecule has 0 N–H and O–H groups in total. The molecule has 2 aromatic heterocycles. The van der Waals surface area contributed by atoms with E-state index in [1.165, 1.54) is 12.3 Å². The number of carbonyl (C=O) groups excluding carboxylic acids is 1. The number of pyridine rings is 1. The molecule has 0 radical (unpaired) electrons. The maximum absolute atomic E-state index is 12.9. The van der Waals surface area contributed by atoms with E-state index < -0.39 is 0 Å². The maximum atomic E-state index is 12.9. The number of hydrogen-bond acceptors (Lipinski definition) is 4. The van der Waals surface area contributed by atoms with Crippen molar-refractivity contribution in [2.75, 3.05) is 31.1 Å². The molecule has 1 amide bonds. The Balaban J connectivity index is 1.43. The minimum Gasteiger partial charge on any atom is -0.353 e. The summed E-state index contributed by atoms with van der Waals surface area (Å²) >= 11 is 0. The van der Waals surface area contributed by atoms with Gasteiger partial charge in [0.05, 0.1) is 23.7 Å². The highest BCUT2D eigenvalue weighted by molar-refractivity contribution is 5.95. The van der Waals surface area contributed by atoms with Crippen molar-refractivity contribution >= 4 is 11.7 Å². The minimum atomic E-state index is -0.336. The van der Waals surface area contributed by atoms with E-state index in [9.17, 15) is 9.18 Å². The predicted octanol–water partition coefficient (Wildman–Crippen LogP) is 1.33. The van der Waals surface area contributed by atoms with Crippen molar-refractivity contribution in [1.82, 2.24) is 19.7 Å². The first-order chi connectivity index (χ1) is 11.2. The normalized spacial score (nSPS) is 17.4. The molecule has 23 heavy (non-hydrogen) atoms.